The Bertz CT molecular complexity index is 4490. The Balaban J connectivity index is 0.841. The van der Waals surface area contributed by atoms with Crippen molar-refractivity contribution in [2.75, 3.05) is 0 Å². The van der Waals surface area contributed by atoms with Crippen LogP contribution in [0, 0.1) is 0 Å². The number of amidine groups is 2. The average Bonchev–Trinajstić information content (AvgIpc) is 1.87. The number of nitrogens with zero attached hydrogens (tertiary/aromatic N) is 2. The van der Waals surface area contributed by atoms with Crippen LogP contribution in [0.3, 0.4) is 0 Å². The molecule has 7 aliphatic rings. The first-order valence-electron chi connectivity index (χ1n) is 28.4. The lowest BCUT2D eigenvalue weighted by molar-refractivity contribution is 0.743. The fourth-order valence-electron chi connectivity index (χ4n) is 16.6. The van der Waals surface area contributed by atoms with Crippen LogP contribution in [-0.4, -0.2) is 11.7 Å². The van der Waals surface area contributed by atoms with E-state index in [-0.39, 0.29) is 0 Å². The highest BCUT2D eigenvalue weighted by Gasteiger charge is 2.55. The summed E-state index contributed by atoms with van der Waals surface area (Å²) in [7, 11) is 0. The minimum atomic E-state index is -0.575. The summed E-state index contributed by atoms with van der Waals surface area (Å²) >= 11 is 0. The second-order valence-corrected chi connectivity index (χ2v) is 22.9. The van der Waals surface area contributed by atoms with E-state index in [4.69, 9.17) is 9.98 Å². The van der Waals surface area contributed by atoms with E-state index in [0.717, 1.165) is 28.4 Å². The molecule has 0 bridgehead atoms. The third-order valence-electron chi connectivity index (χ3n) is 19.6. The van der Waals surface area contributed by atoms with Crippen LogP contribution in [0.25, 0.3) is 66.8 Å². The fraction of sp³-hybridized carbons (Fsp3) is 0.0513. The molecule has 0 saturated carbocycles. The van der Waals surface area contributed by atoms with E-state index in [1.54, 1.807) is 0 Å². The smallest absolute Gasteiger partial charge is 0.169 e. The molecule has 3 spiro atoms. The molecule has 0 radical (unpaired) electrons. The summed E-state index contributed by atoms with van der Waals surface area (Å²) in [5, 5.41) is 3.99. The van der Waals surface area contributed by atoms with Crippen LogP contribution in [-0.2, 0) is 16.2 Å². The monoisotopic (exact) mass is 1030 g/mol. The standard InChI is InChI=1S/C78H47N3/c1-10-28-61-49(19-1)50-20-2-11-29-62(50)76(61)67-34-16-7-25-55(67)58-40-37-46(43-70(58)76)73-79-74(47-38-41-59-56-26-8-17-35-68(56)77(71(59)44-47)63-30-12-3-21-51(63)52-22-4-13-31-64(52)77)81-75(80-73)48-39-42-60-57-27-9-18-36-69(57)78(72(60)45-48)65-32-14-5-23-53(65)54-24-6-15-33-66(54)78/h1-45,73H,(H,79,80,81). The predicted molar refractivity (Wildman–Crippen MR) is 327 cm³/mol. The molecule has 0 saturated heterocycles. The van der Waals surface area contributed by atoms with Crippen molar-refractivity contribution < 1.29 is 0 Å². The first kappa shape index (κ1) is 43.7. The summed E-state index contributed by atoms with van der Waals surface area (Å²) in [6.07, 6.45) is -0.575. The second kappa shape index (κ2) is 15.5. The van der Waals surface area contributed by atoms with Crippen molar-refractivity contribution in [1.29, 1.82) is 0 Å². The third-order valence-corrected chi connectivity index (χ3v) is 19.6. The molecule has 1 N–H and O–H groups in total. The minimum Gasteiger partial charge on any atom is -0.324 e. The van der Waals surface area contributed by atoms with Crippen molar-refractivity contribution in [3.63, 3.8) is 0 Å². The normalized spacial score (nSPS) is 16.1. The van der Waals surface area contributed by atoms with Gasteiger partial charge in [-0.3, -0.25) is 0 Å². The number of nitrogens with one attached hydrogen (secondary N) is 1. The van der Waals surface area contributed by atoms with E-state index in [9.17, 15) is 0 Å². The Hall–Kier alpha value is -10.2. The Kier molecular flexibility index (Phi) is 8.39. The zero-order valence-corrected chi connectivity index (χ0v) is 44.0. The Labute approximate surface area is 470 Å². The van der Waals surface area contributed by atoms with Gasteiger partial charge in [-0.25, -0.2) is 9.98 Å². The maximum Gasteiger partial charge on any atom is 0.169 e. The largest absolute Gasteiger partial charge is 0.324 e. The van der Waals surface area contributed by atoms with Gasteiger partial charge in [0.15, 0.2) is 6.17 Å². The molecule has 19 rings (SSSR count). The molecule has 12 aromatic rings. The zero-order chi connectivity index (χ0) is 52.8. The Morgan fingerprint density at radius 1 is 0.222 bits per heavy atom. The average molecular weight is 1030 g/mol. The number of rotatable bonds is 3. The van der Waals surface area contributed by atoms with Crippen LogP contribution >= 0.6 is 0 Å². The molecule has 1 aliphatic heterocycles. The SMILES string of the molecule is c1ccc2c(c1)-c1ccccc1C21c2ccccc2-c2ccc(C3=NC(c4ccc5c(c4)C4(c6ccccc6-c6ccccc64)c4ccccc4-5)N=C(c4ccc5c(c4)C4(c6ccccc6-c6ccccc64)c4ccccc4-5)N3)cc21. The van der Waals surface area contributed by atoms with Crippen molar-refractivity contribution in [3.05, 3.63) is 356 Å². The summed E-state index contributed by atoms with van der Waals surface area (Å²) in [6, 6.07) is 103. The van der Waals surface area contributed by atoms with Gasteiger partial charge in [0.25, 0.3) is 0 Å². The van der Waals surface area contributed by atoms with Gasteiger partial charge in [0.05, 0.1) is 16.2 Å². The predicted octanol–water partition coefficient (Wildman–Crippen LogP) is 17.2. The van der Waals surface area contributed by atoms with Gasteiger partial charge in [-0.1, -0.05) is 255 Å². The Morgan fingerprint density at radius 3 is 0.716 bits per heavy atom. The number of benzene rings is 12. The lowest BCUT2D eigenvalue weighted by Gasteiger charge is -2.32. The van der Waals surface area contributed by atoms with E-state index in [1.165, 1.54) is 134 Å². The lowest BCUT2D eigenvalue weighted by atomic mass is 9.70. The highest BCUT2D eigenvalue weighted by atomic mass is 15.2. The van der Waals surface area contributed by atoms with E-state index < -0.39 is 22.4 Å². The summed E-state index contributed by atoms with van der Waals surface area (Å²) in [6.45, 7) is 0. The molecule has 81 heavy (non-hydrogen) atoms. The molecule has 3 nitrogen and oxygen atoms in total. The van der Waals surface area contributed by atoms with Gasteiger partial charge in [-0.2, -0.15) is 0 Å². The lowest BCUT2D eigenvalue weighted by Crippen LogP contribution is -2.36. The molecular weight excluding hydrogens is 979 g/mol. The van der Waals surface area contributed by atoms with Gasteiger partial charge in [-0.15, -0.1) is 0 Å². The van der Waals surface area contributed by atoms with Crippen molar-refractivity contribution >= 4 is 11.7 Å². The van der Waals surface area contributed by atoms with E-state index in [1.807, 2.05) is 0 Å². The quantitative estimate of drug-likeness (QED) is 0.188. The number of aliphatic imine (C=N–C) groups is 2. The van der Waals surface area contributed by atoms with Gasteiger partial charge in [0.1, 0.15) is 11.7 Å². The molecule has 0 aromatic heterocycles. The van der Waals surface area contributed by atoms with Crippen LogP contribution in [0.2, 0.25) is 0 Å². The minimum absolute atomic E-state index is 0.504. The summed E-state index contributed by atoms with van der Waals surface area (Å²) in [4.78, 5) is 11.6. The summed E-state index contributed by atoms with van der Waals surface area (Å²) in [5.74, 6) is 1.59. The first-order valence-corrected chi connectivity index (χ1v) is 28.4. The molecule has 0 fully saturated rings. The molecule has 0 atom stereocenters. The number of hydrogen-bond donors (Lipinski definition) is 1. The molecule has 0 amide bonds. The fourth-order valence-corrected chi connectivity index (χ4v) is 16.6. The molecule has 374 valence electrons. The molecular formula is C78H47N3. The van der Waals surface area contributed by atoms with Crippen LogP contribution < -0.4 is 5.32 Å². The van der Waals surface area contributed by atoms with E-state index in [2.05, 4.69) is 278 Å². The zero-order valence-electron chi connectivity index (χ0n) is 44.0. The van der Waals surface area contributed by atoms with Crippen molar-refractivity contribution in [3.8, 4) is 66.8 Å². The molecule has 3 heteroatoms. The third kappa shape index (κ3) is 5.22. The van der Waals surface area contributed by atoms with E-state index in [0.29, 0.717) is 0 Å². The molecule has 0 unspecified atom stereocenters. The van der Waals surface area contributed by atoms with Gasteiger partial charge in [-0.05, 0) is 157 Å². The Morgan fingerprint density at radius 2 is 0.444 bits per heavy atom. The summed E-state index contributed by atoms with van der Waals surface area (Å²) < 4.78 is 0. The second-order valence-electron chi connectivity index (χ2n) is 22.9. The van der Waals surface area contributed by atoms with Crippen LogP contribution in [0.5, 0.6) is 0 Å². The van der Waals surface area contributed by atoms with Gasteiger partial charge < -0.3 is 5.32 Å². The first-order chi connectivity index (χ1) is 40.2. The molecule has 1 heterocycles. The maximum atomic E-state index is 5.81. The van der Waals surface area contributed by atoms with E-state index >= 15 is 0 Å². The van der Waals surface area contributed by atoms with Crippen molar-refractivity contribution in [2.45, 2.75) is 22.4 Å². The number of fused-ring (bicyclic) bond motifs is 30. The maximum absolute atomic E-state index is 5.81. The van der Waals surface area contributed by atoms with Gasteiger partial charge in [0.2, 0.25) is 0 Å². The number of hydrogen-bond acceptors (Lipinski definition) is 3. The highest BCUT2D eigenvalue weighted by Crippen LogP contribution is 2.66. The molecule has 12 aromatic carbocycles. The van der Waals surface area contributed by atoms with Gasteiger partial charge >= 0.3 is 0 Å². The van der Waals surface area contributed by atoms with Crippen molar-refractivity contribution in [2.24, 2.45) is 9.98 Å². The van der Waals surface area contributed by atoms with Crippen LogP contribution in [0.1, 0.15) is 89.6 Å². The van der Waals surface area contributed by atoms with Crippen LogP contribution in [0.15, 0.2) is 283 Å². The van der Waals surface area contributed by atoms with Crippen LogP contribution in [0.4, 0.5) is 0 Å². The summed E-state index contributed by atoms with van der Waals surface area (Å²) in [5.41, 5.74) is 32.6. The topological polar surface area (TPSA) is 36.8 Å². The highest BCUT2D eigenvalue weighted by molar-refractivity contribution is 6.17. The molecule has 6 aliphatic carbocycles. The van der Waals surface area contributed by atoms with Gasteiger partial charge in [0, 0.05) is 11.1 Å². The van der Waals surface area contributed by atoms with Crippen molar-refractivity contribution in [1.82, 2.24) is 5.32 Å².